The number of carbonyl (C=O) groups excluding carboxylic acids is 2. The van der Waals surface area contributed by atoms with Crippen molar-refractivity contribution >= 4 is 34.6 Å². The Bertz CT molecular complexity index is 838. The maximum Gasteiger partial charge on any atom is 0.242 e. The molecule has 0 bridgehead atoms. The highest BCUT2D eigenvalue weighted by Gasteiger charge is 2.26. The lowest BCUT2D eigenvalue weighted by atomic mass is 9.92. The van der Waals surface area contributed by atoms with Gasteiger partial charge in [0.25, 0.3) is 0 Å². The molecule has 0 spiro atoms. The smallest absolute Gasteiger partial charge is 0.242 e. The van der Waals surface area contributed by atoms with Gasteiger partial charge in [-0.25, -0.2) is 4.98 Å². The molecule has 1 aliphatic heterocycles. The molecular weight excluding hydrogens is 372 g/mol. The van der Waals surface area contributed by atoms with Crippen molar-refractivity contribution in [2.75, 3.05) is 18.8 Å². The summed E-state index contributed by atoms with van der Waals surface area (Å²) in [6.45, 7) is 10.2. The van der Waals surface area contributed by atoms with Crippen molar-refractivity contribution in [3.05, 3.63) is 24.3 Å². The van der Waals surface area contributed by atoms with Gasteiger partial charge < -0.3 is 14.8 Å². The molecule has 2 atom stereocenters. The molecule has 1 aromatic carbocycles. The Kier molecular flexibility index (Phi) is 6.65. The summed E-state index contributed by atoms with van der Waals surface area (Å²) in [5.74, 6) is 1.44. The van der Waals surface area contributed by atoms with Crippen LogP contribution in [-0.4, -0.2) is 51.1 Å². The lowest BCUT2D eigenvalue weighted by Crippen LogP contribution is -2.44. The van der Waals surface area contributed by atoms with Crippen LogP contribution in [0.5, 0.6) is 0 Å². The first-order chi connectivity index (χ1) is 13.3. The number of fused-ring (bicyclic) bond motifs is 1. The van der Waals surface area contributed by atoms with Crippen LogP contribution >= 0.6 is 11.8 Å². The SMILES string of the molecule is CC(C)NC(=O)CSc1nc2ccccc2n1CC(=O)N1C[C@@H](C)C[C@H](C)C1. The quantitative estimate of drug-likeness (QED) is 0.754. The maximum absolute atomic E-state index is 13.0. The van der Waals surface area contributed by atoms with Gasteiger partial charge in [-0.1, -0.05) is 37.7 Å². The molecule has 0 unspecified atom stereocenters. The van der Waals surface area contributed by atoms with Crippen molar-refractivity contribution < 1.29 is 9.59 Å². The van der Waals surface area contributed by atoms with Gasteiger partial charge in [-0.2, -0.15) is 0 Å². The van der Waals surface area contributed by atoms with Crippen LogP contribution in [0.3, 0.4) is 0 Å². The molecule has 0 radical (unpaired) electrons. The Morgan fingerprint density at radius 1 is 1.21 bits per heavy atom. The molecule has 1 saturated heterocycles. The van der Waals surface area contributed by atoms with Gasteiger partial charge in [0.05, 0.1) is 16.8 Å². The van der Waals surface area contributed by atoms with Gasteiger partial charge in [0.1, 0.15) is 6.54 Å². The van der Waals surface area contributed by atoms with Crippen molar-refractivity contribution in [1.29, 1.82) is 0 Å². The lowest BCUT2D eigenvalue weighted by molar-refractivity contribution is -0.134. The van der Waals surface area contributed by atoms with Crippen LogP contribution in [0.4, 0.5) is 0 Å². The number of amides is 2. The van der Waals surface area contributed by atoms with Crippen LogP contribution in [0.2, 0.25) is 0 Å². The molecule has 7 heteroatoms. The second-order valence-corrected chi connectivity index (χ2v) is 9.17. The minimum atomic E-state index is -0.0244. The number of benzene rings is 1. The average molecular weight is 403 g/mol. The molecule has 0 aliphatic carbocycles. The van der Waals surface area contributed by atoms with Gasteiger partial charge in [0.2, 0.25) is 11.8 Å². The zero-order valence-corrected chi connectivity index (χ0v) is 18.0. The molecule has 3 rings (SSSR count). The molecule has 1 fully saturated rings. The van der Waals surface area contributed by atoms with E-state index in [4.69, 9.17) is 0 Å². The standard InChI is InChI=1S/C21H30N4O2S/c1-14(2)22-19(26)13-28-21-23-17-7-5-6-8-18(17)25(21)12-20(27)24-10-15(3)9-16(4)11-24/h5-8,14-16H,9-13H2,1-4H3,(H,22,26)/t15-,16-/m0/s1. The third kappa shape index (κ3) is 5.07. The van der Waals surface area contributed by atoms with Gasteiger partial charge in [0, 0.05) is 19.1 Å². The minimum absolute atomic E-state index is 0.0244. The second kappa shape index (κ2) is 8.99. The van der Waals surface area contributed by atoms with Crippen LogP contribution < -0.4 is 5.32 Å². The van der Waals surface area contributed by atoms with Gasteiger partial charge in [0.15, 0.2) is 5.16 Å². The van der Waals surface area contributed by atoms with E-state index in [1.165, 1.54) is 18.2 Å². The van der Waals surface area contributed by atoms with Crippen LogP contribution in [-0.2, 0) is 16.1 Å². The normalized spacial score (nSPS) is 20.0. The number of hydrogen-bond acceptors (Lipinski definition) is 4. The highest BCUT2D eigenvalue weighted by molar-refractivity contribution is 7.99. The molecule has 6 nitrogen and oxygen atoms in total. The Balaban J connectivity index is 1.78. The van der Waals surface area contributed by atoms with Gasteiger partial charge in [-0.3, -0.25) is 9.59 Å². The van der Waals surface area contributed by atoms with E-state index in [1.54, 1.807) is 0 Å². The molecule has 152 valence electrons. The molecule has 2 aromatic rings. The highest BCUT2D eigenvalue weighted by Crippen LogP contribution is 2.26. The van der Waals surface area contributed by atoms with Crippen molar-refractivity contribution in [2.45, 2.75) is 51.9 Å². The van der Waals surface area contributed by atoms with Gasteiger partial charge >= 0.3 is 0 Å². The monoisotopic (exact) mass is 402 g/mol. The van der Waals surface area contributed by atoms with E-state index in [2.05, 4.69) is 24.1 Å². The summed E-state index contributed by atoms with van der Waals surface area (Å²) < 4.78 is 1.95. The summed E-state index contributed by atoms with van der Waals surface area (Å²) in [6, 6.07) is 7.93. The fourth-order valence-corrected chi connectivity index (χ4v) is 4.74. The summed E-state index contributed by atoms with van der Waals surface area (Å²) in [5, 5.41) is 3.61. The van der Waals surface area contributed by atoms with Crippen LogP contribution in [0.15, 0.2) is 29.4 Å². The van der Waals surface area contributed by atoms with E-state index in [1.807, 2.05) is 47.6 Å². The lowest BCUT2D eigenvalue weighted by Gasteiger charge is -2.35. The maximum atomic E-state index is 13.0. The van der Waals surface area contributed by atoms with Crippen LogP contribution in [0, 0.1) is 11.8 Å². The predicted molar refractivity (Wildman–Crippen MR) is 113 cm³/mol. The molecule has 28 heavy (non-hydrogen) atoms. The zero-order valence-electron chi connectivity index (χ0n) is 17.1. The first-order valence-corrected chi connectivity index (χ1v) is 11.0. The zero-order chi connectivity index (χ0) is 20.3. The van der Waals surface area contributed by atoms with Crippen molar-refractivity contribution in [1.82, 2.24) is 19.8 Å². The number of para-hydroxylation sites is 2. The molecule has 2 amide bonds. The summed E-state index contributed by atoms with van der Waals surface area (Å²) in [5.41, 5.74) is 1.78. The third-order valence-corrected chi connectivity index (χ3v) is 5.89. The highest BCUT2D eigenvalue weighted by atomic mass is 32.2. The van der Waals surface area contributed by atoms with E-state index in [0.717, 1.165) is 24.1 Å². The van der Waals surface area contributed by atoms with E-state index in [0.29, 0.717) is 17.0 Å². The number of rotatable bonds is 6. The summed E-state index contributed by atoms with van der Waals surface area (Å²) in [6.07, 6.45) is 1.17. The van der Waals surface area contributed by atoms with Crippen LogP contribution in [0.25, 0.3) is 11.0 Å². The molecular formula is C21H30N4O2S. The molecule has 1 N–H and O–H groups in total. The number of imidazole rings is 1. The number of nitrogens with zero attached hydrogens (tertiary/aromatic N) is 3. The number of nitrogens with one attached hydrogen (secondary N) is 1. The Morgan fingerprint density at radius 2 is 1.89 bits per heavy atom. The fourth-order valence-electron chi connectivity index (χ4n) is 3.91. The Morgan fingerprint density at radius 3 is 2.57 bits per heavy atom. The Labute approximate surface area is 171 Å². The number of hydrogen-bond donors (Lipinski definition) is 1. The largest absolute Gasteiger partial charge is 0.353 e. The van der Waals surface area contributed by atoms with Crippen LogP contribution in [0.1, 0.15) is 34.1 Å². The predicted octanol–water partition coefficient (Wildman–Crippen LogP) is 3.16. The van der Waals surface area contributed by atoms with Crippen molar-refractivity contribution in [2.24, 2.45) is 11.8 Å². The first-order valence-electron chi connectivity index (χ1n) is 9.98. The Hall–Kier alpha value is -2.02. The topological polar surface area (TPSA) is 67.2 Å². The van der Waals surface area contributed by atoms with E-state index < -0.39 is 0 Å². The molecule has 1 aromatic heterocycles. The average Bonchev–Trinajstić information content (AvgIpc) is 2.96. The van der Waals surface area contributed by atoms with Gasteiger partial charge in [-0.05, 0) is 44.2 Å². The van der Waals surface area contributed by atoms with E-state index in [9.17, 15) is 9.59 Å². The molecule has 0 saturated carbocycles. The van der Waals surface area contributed by atoms with Crippen molar-refractivity contribution in [3.63, 3.8) is 0 Å². The fraction of sp³-hybridized carbons (Fsp3) is 0.571. The number of piperidine rings is 1. The van der Waals surface area contributed by atoms with Gasteiger partial charge in [-0.15, -0.1) is 0 Å². The molecule has 2 heterocycles. The summed E-state index contributed by atoms with van der Waals surface area (Å²) >= 11 is 1.38. The number of carbonyl (C=O) groups is 2. The molecule has 1 aliphatic rings. The van der Waals surface area contributed by atoms with E-state index in [-0.39, 0.29) is 30.2 Å². The number of thioether (sulfide) groups is 1. The second-order valence-electron chi connectivity index (χ2n) is 8.22. The first kappa shape index (κ1) is 20.7. The third-order valence-electron chi connectivity index (χ3n) is 4.92. The summed E-state index contributed by atoms with van der Waals surface area (Å²) in [7, 11) is 0. The number of aromatic nitrogens is 2. The van der Waals surface area contributed by atoms with Crippen molar-refractivity contribution in [3.8, 4) is 0 Å². The summed E-state index contributed by atoms with van der Waals surface area (Å²) in [4.78, 5) is 31.7. The van der Waals surface area contributed by atoms with E-state index >= 15 is 0 Å². The minimum Gasteiger partial charge on any atom is -0.353 e. The number of likely N-dealkylation sites (tertiary alicyclic amines) is 1.